The number of piperazine rings is 1. The Bertz CT molecular complexity index is 1030. The van der Waals surface area contributed by atoms with Crippen LogP contribution in [-0.2, 0) is 13.0 Å². The molecular weight excluding hydrogens is 406 g/mol. The number of carbonyl (C=O) groups excluding carboxylic acids is 1. The van der Waals surface area contributed by atoms with Crippen LogP contribution in [0.4, 0.5) is 0 Å². The first-order valence-corrected chi connectivity index (χ1v) is 11.8. The highest BCUT2D eigenvalue weighted by Gasteiger charge is 2.43. The van der Waals surface area contributed by atoms with Crippen LogP contribution in [0.25, 0.3) is 0 Å². The average molecular weight is 434 g/mol. The molecule has 0 bridgehead atoms. The van der Waals surface area contributed by atoms with Gasteiger partial charge in [-0.25, -0.2) is 4.98 Å². The van der Waals surface area contributed by atoms with E-state index < -0.39 is 0 Å². The van der Waals surface area contributed by atoms with Gasteiger partial charge in [-0.2, -0.15) is 4.68 Å². The van der Waals surface area contributed by atoms with Gasteiger partial charge in [0.05, 0.1) is 6.04 Å². The van der Waals surface area contributed by atoms with Gasteiger partial charge in [-0.05, 0) is 11.1 Å². The van der Waals surface area contributed by atoms with E-state index in [-0.39, 0.29) is 17.2 Å². The molecule has 3 aromatic rings. The monoisotopic (exact) mass is 433 g/mol. The molecule has 0 amide bonds. The maximum absolute atomic E-state index is 13.3. The number of hydrogen-bond donors (Lipinski definition) is 0. The number of rotatable bonds is 6. The van der Waals surface area contributed by atoms with Gasteiger partial charge in [0, 0.05) is 39.1 Å². The minimum Gasteiger partial charge on any atom is -0.297 e. The Labute approximate surface area is 187 Å². The normalized spacial score (nSPS) is 20.7. The van der Waals surface area contributed by atoms with Gasteiger partial charge in [-0.1, -0.05) is 79.3 Å². The third-order valence-corrected chi connectivity index (χ3v) is 7.29. The van der Waals surface area contributed by atoms with E-state index in [0.717, 1.165) is 50.1 Å². The predicted molar refractivity (Wildman–Crippen MR) is 122 cm³/mol. The SMILES string of the molecule is CCc1nc2n(n1)C(=O)C(C(c1ccccc1)N1CCN(Cc3ccccc3)CC1)S2. The van der Waals surface area contributed by atoms with Crippen LogP contribution in [0.15, 0.2) is 65.8 Å². The number of nitrogens with zero attached hydrogens (tertiary/aromatic N) is 5. The Hall–Kier alpha value is -2.48. The molecule has 0 aliphatic carbocycles. The summed E-state index contributed by atoms with van der Waals surface area (Å²) >= 11 is 1.57. The summed E-state index contributed by atoms with van der Waals surface area (Å²) in [6.45, 7) is 6.85. The summed E-state index contributed by atoms with van der Waals surface area (Å²) in [5, 5.41) is 4.94. The number of aromatic nitrogens is 3. The van der Waals surface area contributed by atoms with E-state index in [0.29, 0.717) is 0 Å². The van der Waals surface area contributed by atoms with Crippen LogP contribution in [0.1, 0.15) is 34.7 Å². The molecule has 2 unspecified atom stereocenters. The average Bonchev–Trinajstić information content (AvgIpc) is 3.36. The van der Waals surface area contributed by atoms with E-state index in [9.17, 15) is 4.79 Å². The number of benzene rings is 2. The van der Waals surface area contributed by atoms with Crippen molar-refractivity contribution in [3.8, 4) is 0 Å². The van der Waals surface area contributed by atoms with E-state index in [2.05, 4.69) is 74.5 Å². The molecule has 0 N–H and O–H groups in total. The highest BCUT2D eigenvalue weighted by atomic mass is 32.2. The molecule has 2 aromatic carbocycles. The summed E-state index contributed by atoms with van der Waals surface area (Å²) in [7, 11) is 0. The molecule has 7 heteroatoms. The van der Waals surface area contributed by atoms with Crippen molar-refractivity contribution in [1.82, 2.24) is 24.6 Å². The van der Waals surface area contributed by atoms with Gasteiger partial charge < -0.3 is 0 Å². The van der Waals surface area contributed by atoms with Crippen molar-refractivity contribution in [1.29, 1.82) is 0 Å². The number of fused-ring (bicyclic) bond motifs is 1. The fraction of sp³-hybridized carbons (Fsp3) is 0.375. The third-order valence-electron chi connectivity index (χ3n) is 6.10. The van der Waals surface area contributed by atoms with Crippen LogP contribution in [0.2, 0.25) is 0 Å². The van der Waals surface area contributed by atoms with Crippen molar-refractivity contribution in [2.24, 2.45) is 0 Å². The maximum atomic E-state index is 13.3. The first kappa shape index (κ1) is 20.4. The molecule has 5 rings (SSSR count). The van der Waals surface area contributed by atoms with E-state index >= 15 is 0 Å². The maximum Gasteiger partial charge on any atom is 0.264 e. The Morgan fingerprint density at radius 2 is 1.68 bits per heavy atom. The number of aryl methyl sites for hydroxylation is 1. The highest BCUT2D eigenvalue weighted by Crippen LogP contribution is 2.41. The minimum atomic E-state index is -0.219. The minimum absolute atomic E-state index is 0.0196. The Kier molecular flexibility index (Phi) is 5.89. The summed E-state index contributed by atoms with van der Waals surface area (Å²) < 4.78 is 1.52. The second-order valence-electron chi connectivity index (χ2n) is 8.11. The predicted octanol–water partition coefficient (Wildman–Crippen LogP) is 3.51. The molecule has 2 aliphatic heterocycles. The van der Waals surface area contributed by atoms with Crippen LogP contribution >= 0.6 is 11.8 Å². The lowest BCUT2D eigenvalue weighted by atomic mass is 10.00. The van der Waals surface area contributed by atoms with Gasteiger partial charge in [-0.3, -0.25) is 14.6 Å². The second-order valence-corrected chi connectivity index (χ2v) is 9.21. The van der Waals surface area contributed by atoms with Gasteiger partial charge in [0.15, 0.2) is 11.0 Å². The Morgan fingerprint density at radius 3 is 2.32 bits per heavy atom. The molecule has 2 atom stereocenters. The van der Waals surface area contributed by atoms with Crippen molar-refractivity contribution in [3.05, 3.63) is 77.6 Å². The summed E-state index contributed by atoms with van der Waals surface area (Å²) in [4.78, 5) is 22.8. The molecule has 31 heavy (non-hydrogen) atoms. The van der Waals surface area contributed by atoms with Crippen LogP contribution < -0.4 is 0 Å². The number of carbonyl (C=O) groups is 1. The van der Waals surface area contributed by atoms with Crippen molar-refractivity contribution < 1.29 is 4.79 Å². The number of hydrogen-bond acceptors (Lipinski definition) is 6. The number of thioether (sulfide) groups is 1. The zero-order chi connectivity index (χ0) is 21.2. The molecular formula is C24H27N5OS. The third kappa shape index (κ3) is 4.18. The van der Waals surface area contributed by atoms with Crippen LogP contribution in [0, 0.1) is 0 Å². The van der Waals surface area contributed by atoms with E-state index in [1.54, 1.807) is 11.8 Å². The van der Waals surface area contributed by atoms with Gasteiger partial charge in [0.2, 0.25) is 0 Å². The Balaban J connectivity index is 1.34. The molecule has 0 saturated carbocycles. The molecule has 2 aliphatic rings. The van der Waals surface area contributed by atoms with Crippen molar-refractivity contribution in [2.75, 3.05) is 26.2 Å². The molecule has 0 radical (unpaired) electrons. The topological polar surface area (TPSA) is 54.3 Å². The van der Waals surface area contributed by atoms with Crippen LogP contribution in [0.5, 0.6) is 0 Å². The first-order valence-electron chi connectivity index (χ1n) is 10.9. The highest BCUT2D eigenvalue weighted by molar-refractivity contribution is 8.00. The summed E-state index contributed by atoms with van der Waals surface area (Å²) in [6, 6.07) is 21.1. The van der Waals surface area contributed by atoms with Crippen LogP contribution in [0.3, 0.4) is 0 Å². The quantitative estimate of drug-likeness (QED) is 0.593. The van der Waals surface area contributed by atoms with Gasteiger partial charge in [-0.15, -0.1) is 5.10 Å². The largest absolute Gasteiger partial charge is 0.297 e. The molecule has 3 heterocycles. The van der Waals surface area contributed by atoms with E-state index in [1.807, 2.05) is 13.0 Å². The zero-order valence-electron chi connectivity index (χ0n) is 17.7. The smallest absolute Gasteiger partial charge is 0.264 e. The Morgan fingerprint density at radius 1 is 1.00 bits per heavy atom. The van der Waals surface area contributed by atoms with Gasteiger partial charge in [0.1, 0.15) is 5.25 Å². The molecule has 1 saturated heterocycles. The molecule has 160 valence electrons. The van der Waals surface area contributed by atoms with Gasteiger partial charge in [0.25, 0.3) is 5.91 Å². The lowest BCUT2D eigenvalue weighted by Gasteiger charge is -2.41. The van der Waals surface area contributed by atoms with Crippen LogP contribution in [-0.4, -0.2) is 61.9 Å². The van der Waals surface area contributed by atoms with Crippen molar-refractivity contribution >= 4 is 17.7 Å². The summed E-state index contributed by atoms with van der Waals surface area (Å²) in [5.41, 5.74) is 2.53. The van der Waals surface area contributed by atoms with Crippen molar-refractivity contribution in [2.45, 2.75) is 36.3 Å². The summed E-state index contributed by atoms with van der Waals surface area (Å²) in [5.74, 6) is 0.785. The lowest BCUT2D eigenvalue weighted by Crippen LogP contribution is -2.50. The second kappa shape index (κ2) is 8.94. The molecule has 6 nitrogen and oxygen atoms in total. The van der Waals surface area contributed by atoms with Crippen molar-refractivity contribution in [3.63, 3.8) is 0 Å². The fourth-order valence-corrected chi connectivity index (χ4v) is 5.74. The summed E-state index contributed by atoms with van der Waals surface area (Å²) in [6.07, 6.45) is 0.740. The van der Waals surface area contributed by atoms with Gasteiger partial charge >= 0.3 is 0 Å². The van der Waals surface area contributed by atoms with E-state index in [4.69, 9.17) is 0 Å². The first-order chi connectivity index (χ1) is 15.2. The zero-order valence-corrected chi connectivity index (χ0v) is 18.5. The van der Waals surface area contributed by atoms with E-state index in [1.165, 1.54) is 15.8 Å². The molecule has 1 aromatic heterocycles. The molecule has 1 fully saturated rings. The lowest BCUT2D eigenvalue weighted by molar-refractivity contribution is 0.0715. The molecule has 0 spiro atoms. The standard InChI is InChI=1S/C24H27N5OS/c1-2-20-25-24-29(26-20)23(30)22(31-24)21(19-11-7-4-8-12-19)28-15-13-27(14-16-28)17-18-9-5-3-6-10-18/h3-12,21-22H,2,13-17H2,1H3. The fourth-order valence-electron chi connectivity index (χ4n) is 4.46.